The van der Waals surface area contributed by atoms with Crippen LogP contribution in [0.5, 0.6) is 0 Å². The predicted octanol–water partition coefficient (Wildman–Crippen LogP) is 1.82. The molecule has 17 heavy (non-hydrogen) atoms. The van der Waals surface area contributed by atoms with Gasteiger partial charge in [-0.1, -0.05) is 19.3 Å². The lowest BCUT2D eigenvalue weighted by Crippen LogP contribution is -2.42. The summed E-state index contributed by atoms with van der Waals surface area (Å²) in [6.45, 7) is 3.83. The number of carbonyl (C=O) groups is 1. The molecule has 0 aromatic heterocycles. The van der Waals surface area contributed by atoms with Crippen LogP contribution in [-0.4, -0.2) is 44.2 Å². The summed E-state index contributed by atoms with van der Waals surface area (Å²) < 4.78 is 0. The summed E-state index contributed by atoms with van der Waals surface area (Å²) in [4.78, 5) is 12.8. The van der Waals surface area contributed by atoms with E-state index in [-0.39, 0.29) is 6.03 Å². The van der Waals surface area contributed by atoms with Gasteiger partial charge in [0.25, 0.3) is 0 Å². The van der Waals surface area contributed by atoms with Crippen molar-refractivity contribution in [1.29, 1.82) is 0 Å². The van der Waals surface area contributed by atoms with Crippen LogP contribution in [0.25, 0.3) is 0 Å². The standard InChI is InChI=1S/C13H27N3O/c1-11(12-7-5-4-6-8-12)14-9-10-15-13(17)16(2)3/h11-12,14H,4-10H2,1-3H3,(H,15,17). The maximum absolute atomic E-state index is 11.3. The Hall–Kier alpha value is -0.770. The highest BCUT2D eigenvalue weighted by atomic mass is 16.2. The predicted molar refractivity (Wildman–Crippen MR) is 71.1 cm³/mol. The van der Waals surface area contributed by atoms with Gasteiger partial charge in [0, 0.05) is 33.2 Å². The largest absolute Gasteiger partial charge is 0.337 e. The zero-order valence-electron chi connectivity index (χ0n) is 11.5. The van der Waals surface area contributed by atoms with E-state index in [0.29, 0.717) is 12.6 Å². The van der Waals surface area contributed by atoms with Gasteiger partial charge in [-0.05, 0) is 25.7 Å². The molecule has 1 fully saturated rings. The molecule has 0 spiro atoms. The lowest BCUT2D eigenvalue weighted by Gasteiger charge is -2.28. The number of nitrogens with zero attached hydrogens (tertiary/aromatic N) is 1. The first-order valence-electron chi connectivity index (χ1n) is 6.80. The van der Waals surface area contributed by atoms with Crippen LogP contribution < -0.4 is 10.6 Å². The topological polar surface area (TPSA) is 44.4 Å². The lowest BCUT2D eigenvalue weighted by atomic mass is 9.84. The SMILES string of the molecule is CC(NCCNC(=O)N(C)C)C1CCCCC1. The van der Waals surface area contributed by atoms with Crippen LogP contribution in [-0.2, 0) is 0 Å². The Morgan fingerprint density at radius 2 is 1.88 bits per heavy atom. The second-order valence-electron chi connectivity index (χ2n) is 5.27. The van der Waals surface area contributed by atoms with Gasteiger partial charge in [0.15, 0.2) is 0 Å². The molecular formula is C13H27N3O. The molecule has 0 heterocycles. The van der Waals surface area contributed by atoms with E-state index in [0.717, 1.165) is 12.5 Å². The fourth-order valence-corrected chi connectivity index (χ4v) is 2.43. The van der Waals surface area contributed by atoms with E-state index in [1.807, 2.05) is 0 Å². The van der Waals surface area contributed by atoms with Crippen molar-refractivity contribution in [3.8, 4) is 0 Å². The molecule has 0 bridgehead atoms. The van der Waals surface area contributed by atoms with E-state index in [1.165, 1.54) is 32.1 Å². The second kappa shape index (κ2) is 7.54. The Balaban J connectivity index is 2.07. The first kappa shape index (κ1) is 14.3. The molecule has 0 aromatic carbocycles. The summed E-state index contributed by atoms with van der Waals surface area (Å²) in [5.74, 6) is 0.827. The van der Waals surface area contributed by atoms with E-state index < -0.39 is 0 Å². The van der Waals surface area contributed by atoms with Crippen LogP contribution in [0.1, 0.15) is 39.0 Å². The average molecular weight is 241 g/mol. The van der Waals surface area contributed by atoms with Crippen molar-refractivity contribution in [3.63, 3.8) is 0 Å². The third kappa shape index (κ3) is 5.39. The van der Waals surface area contributed by atoms with Crippen molar-refractivity contribution in [2.24, 2.45) is 5.92 Å². The van der Waals surface area contributed by atoms with Crippen LogP contribution in [0.2, 0.25) is 0 Å². The Morgan fingerprint density at radius 1 is 1.24 bits per heavy atom. The van der Waals surface area contributed by atoms with Crippen LogP contribution in [0.4, 0.5) is 4.79 Å². The zero-order valence-corrected chi connectivity index (χ0v) is 11.5. The Morgan fingerprint density at radius 3 is 2.47 bits per heavy atom. The highest BCUT2D eigenvalue weighted by molar-refractivity contribution is 5.73. The van der Waals surface area contributed by atoms with Gasteiger partial charge in [0.1, 0.15) is 0 Å². The Bertz CT molecular complexity index is 225. The maximum atomic E-state index is 11.3. The van der Waals surface area contributed by atoms with Crippen molar-refractivity contribution < 1.29 is 4.79 Å². The molecule has 1 aliphatic rings. The molecule has 2 amide bonds. The fraction of sp³-hybridized carbons (Fsp3) is 0.923. The summed E-state index contributed by atoms with van der Waals surface area (Å²) in [5, 5.41) is 6.38. The van der Waals surface area contributed by atoms with E-state index >= 15 is 0 Å². The quantitative estimate of drug-likeness (QED) is 0.721. The number of amides is 2. The summed E-state index contributed by atoms with van der Waals surface area (Å²) >= 11 is 0. The van der Waals surface area contributed by atoms with Gasteiger partial charge in [-0.15, -0.1) is 0 Å². The summed E-state index contributed by atoms with van der Waals surface area (Å²) in [5.41, 5.74) is 0. The molecule has 0 aromatic rings. The van der Waals surface area contributed by atoms with Crippen molar-refractivity contribution in [2.45, 2.75) is 45.1 Å². The molecule has 100 valence electrons. The number of carbonyl (C=O) groups excluding carboxylic acids is 1. The number of nitrogens with one attached hydrogen (secondary N) is 2. The fourth-order valence-electron chi connectivity index (χ4n) is 2.43. The van der Waals surface area contributed by atoms with Gasteiger partial charge < -0.3 is 15.5 Å². The molecule has 2 N–H and O–H groups in total. The van der Waals surface area contributed by atoms with Crippen molar-refractivity contribution >= 4 is 6.03 Å². The monoisotopic (exact) mass is 241 g/mol. The van der Waals surface area contributed by atoms with E-state index in [1.54, 1.807) is 19.0 Å². The third-order valence-corrected chi connectivity index (χ3v) is 3.63. The van der Waals surface area contributed by atoms with Crippen LogP contribution in [0, 0.1) is 5.92 Å². The van der Waals surface area contributed by atoms with Gasteiger partial charge >= 0.3 is 6.03 Å². The van der Waals surface area contributed by atoms with Crippen molar-refractivity contribution in [3.05, 3.63) is 0 Å². The number of rotatable bonds is 5. The molecule has 1 saturated carbocycles. The highest BCUT2D eigenvalue weighted by Crippen LogP contribution is 2.26. The zero-order chi connectivity index (χ0) is 12.7. The lowest BCUT2D eigenvalue weighted by molar-refractivity contribution is 0.216. The smallest absolute Gasteiger partial charge is 0.316 e. The molecule has 4 heteroatoms. The van der Waals surface area contributed by atoms with Crippen molar-refractivity contribution in [1.82, 2.24) is 15.5 Å². The molecule has 4 nitrogen and oxygen atoms in total. The minimum absolute atomic E-state index is 0.0166. The highest BCUT2D eigenvalue weighted by Gasteiger charge is 2.19. The molecule has 1 aliphatic carbocycles. The van der Waals surface area contributed by atoms with Crippen LogP contribution in [0.3, 0.4) is 0 Å². The van der Waals surface area contributed by atoms with Crippen LogP contribution in [0.15, 0.2) is 0 Å². The second-order valence-corrected chi connectivity index (χ2v) is 5.27. The van der Waals surface area contributed by atoms with Crippen molar-refractivity contribution in [2.75, 3.05) is 27.2 Å². The molecule has 0 radical (unpaired) electrons. The minimum atomic E-state index is -0.0166. The van der Waals surface area contributed by atoms with E-state index in [4.69, 9.17) is 0 Å². The molecule has 0 saturated heterocycles. The Kier molecular flexibility index (Phi) is 6.34. The van der Waals surface area contributed by atoms with Gasteiger partial charge in [0.05, 0.1) is 0 Å². The minimum Gasteiger partial charge on any atom is -0.337 e. The molecule has 1 rings (SSSR count). The normalized spacial score (nSPS) is 18.8. The van der Waals surface area contributed by atoms with Gasteiger partial charge in [0.2, 0.25) is 0 Å². The van der Waals surface area contributed by atoms with Gasteiger partial charge in [-0.2, -0.15) is 0 Å². The average Bonchev–Trinajstić information content (AvgIpc) is 2.35. The third-order valence-electron chi connectivity index (χ3n) is 3.63. The number of urea groups is 1. The summed E-state index contributed by atoms with van der Waals surface area (Å²) in [7, 11) is 3.51. The maximum Gasteiger partial charge on any atom is 0.316 e. The van der Waals surface area contributed by atoms with Crippen LogP contribution >= 0.6 is 0 Å². The summed E-state index contributed by atoms with van der Waals surface area (Å²) in [6.07, 6.45) is 6.89. The molecular weight excluding hydrogens is 214 g/mol. The van der Waals surface area contributed by atoms with Gasteiger partial charge in [-0.3, -0.25) is 0 Å². The van der Waals surface area contributed by atoms with Gasteiger partial charge in [-0.25, -0.2) is 4.79 Å². The number of hydrogen-bond acceptors (Lipinski definition) is 2. The first-order chi connectivity index (χ1) is 8.11. The Labute approximate surface area is 105 Å². The van der Waals surface area contributed by atoms with E-state index in [2.05, 4.69) is 17.6 Å². The first-order valence-corrected chi connectivity index (χ1v) is 6.80. The molecule has 0 aliphatic heterocycles. The molecule has 1 atom stereocenters. The summed E-state index contributed by atoms with van der Waals surface area (Å²) in [6, 6.07) is 0.559. The number of hydrogen-bond donors (Lipinski definition) is 2. The van der Waals surface area contributed by atoms with E-state index in [9.17, 15) is 4.79 Å². The molecule has 1 unspecified atom stereocenters.